The van der Waals surface area contributed by atoms with Crippen LogP contribution in [0.1, 0.15) is 30.5 Å². The van der Waals surface area contributed by atoms with Gasteiger partial charge in [-0.05, 0) is 54.8 Å². The number of nitrogens with zero attached hydrogens (tertiary/aromatic N) is 1. The molecule has 0 aliphatic carbocycles. The molecule has 0 aliphatic rings. The molecule has 0 radical (unpaired) electrons. The van der Waals surface area contributed by atoms with Gasteiger partial charge in [0.05, 0.1) is 0 Å². The molecule has 0 fully saturated rings. The van der Waals surface area contributed by atoms with E-state index in [1.54, 1.807) is 0 Å². The summed E-state index contributed by atoms with van der Waals surface area (Å²) < 4.78 is 2.19. The van der Waals surface area contributed by atoms with E-state index < -0.39 is 0 Å². The third-order valence-corrected chi connectivity index (χ3v) is 4.01. The third-order valence-electron chi connectivity index (χ3n) is 3.09. The Morgan fingerprint density at radius 3 is 2.55 bits per heavy atom. The highest BCUT2D eigenvalue weighted by molar-refractivity contribution is 9.11. The van der Waals surface area contributed by atoms with Gasteiger partial charge in [-0.2, -0.15) is 0 Å². The first kappa shape index (κ1) is 15.7. The normalized spacial score (nSPS) is 12.3. The molecule has 1 unspecified atom stereocenters. The summed E-state index contributed by atoms with van der Waals surface area (Å²) >= 11 is 7.13. The van der Waals surface area contributed by atoms with Gasteiger partial charge in [-0.25, -0.2) is 0 Å². The zero-order chi connectivity index (χ0) is 14.4. The summed E-state index contributed by atoms with van der Waals surface area (Å²) in [5, 5.41) is 3.62. The number of aromatic nitrogens is 1. The van der Waals surface area contributed by atoms with Crippen molar-refractivity contribution in [3.8, 4) is 0 Å². The molecule has 1 aromatic heterocycles. The van der Waals surface area contributed by atoms with E-state index in [4.69, 9.17) is 0 Å². The van der Waals surface area contributed by atoms with Gasteiger partial charge < -0.3 is 5.32 Å². The molecule has 0 bridgehead atoms. The van der Waals surface area contributed by atoms with Crippen molar-refractivity contribution in [2.45, 2.75) is 25.8 Å². The molecule has 1 N–H and O–H groups in total. The molecule has 106 valence electrons. The van der Waals surface area contributed by atoms with Crippen LogP contribution in [0.4, 0.5) is 0 Å². The van der Waals surface area contributed by atoms with Gasteiger partial charge >= 0.3 is 0 Å². The van der Waals surface area contributed by atoms with Crippen molar-refractivity contribution in [1.82, 2.24) is 10.3 Å². The van der Waals surface area contributed by atoms with E-state index in [-0.39, 0.29) is 0 Å². The molecule has 4 heteroatoms. The fourth-order valence-electron chi connectivity index (χ4n) is 2.16. The first-order chi connectivity index (χ1) is 9.69. The van der Waals surface area contributed by atoms with E-state index in [2.05, 4.69) is 73.3 Å². The SMILES string of the molecule is CCCNC(Cc1cccnc1)c1cc(Br)cc(Br)c1. The van der Waals surface area contributed by atoms with Crippen LogP contribution in [0.15, 0.2) is 51.7 Å². The molecule has 0 amide bonds. The van der Waals surface area contributed by atoms with Crippen LogP contribution in [0.5, 0.6) is 0 Å². The predicted molar refractivity (Wildman–Crippen MR) is 90.8 cm³/mol. The smallest absolute Gasteiger partial charge is 0.0362 e. The number of rotatable bonds is 6. The summed E-state index contributed by atoms with van der Waals surface area (Å²) in [6, 6.07) is 10.8. The molecule has 2 rings (SSSR count). The zero-order valence-corrected chi connectivity index (χ0v) is 14.6. The van der Waals surface area contributed by atoms with Crippen LogP contribution in [-0.2, 0) is 6.42 Å². The lowest BCUT2D eigenvalue weighted by molar-refractivity contribution is 0.528. The zero-order valence-electron chi connectivity index (χ0n) is 11.4. The maximum atomic E-state index is 4.20. The van der Waals surface area contributed by atoms with E-state index in [1.165, 1.54) is 11.1 Å². The van der Waals surface area contributed by atoms with Gasteiger partial charge in [0.1, 0.15) is 0 Å². The minimum atomic E-state index is 0.299. The van der Waals surface area contributed by atoms with E-state index in [0.29, 0.717) is 6.04 Å². The van der Waals surface area contributed by atoms with Crippen molar-refractivity contribution >= 4 is 31.9 Å². The second-order valence-electron chi connectivity index (χ2n) is 4.77. The van der Waals surface area contributed by atoms with Crippen LogP contribution >= 0.6 is 31.9 Å². The van der Waals surface area contributed by atoms with Gasteiger partial charge in [0, 0.05) is 27.4 Å². The average Bonchev–Trinajstić information content (AvgIpc) is 2.43. The van der Waals surface area contributed by atoms with Crippen molar-refractivity contribution in [3.63, 3.8) is 0 Å². The van der Waals surface area contributed by atoms with Gasteiger partial charge in [-0.3, -0.25) is 4.98 Å². The van der Waals surface area contributed by atoms with Crippen LogP contribution in [0.2, 0.25) is 0 Å². The van der Waals surface area contributed by atoms with Gasteiger partial charge in [0.2, 0.25) is 0 Å². The standard InChI is InChI=1S/C16H18Br2N2/c1-2-5-20-16(7-12-4-3-6-19-11-12)13-8-14(17)10-15(18)9-13/h3-4,6,8-11,16,20H,2,5,7H2,1H3. The van der Waals surface area contributed by atoms with Crippen LogP contribution in [0.25, 0.3) is 0 Å². The van der Waals surface area contributed by atoms with Crippen molar-refractivity contribution in [1.29, 1.82) is 0 Å². The minimum Gasteiger partial charge on any atom is -0.310 e. The fourth-order valence-corrected chi connectivity index (χ4v) is 3.49. The van der Waals surface area contributed by atoms with E-state index in [9.17, 15) is 0 Å². The van der Waals surface area contributed by atoms with Crippen molar-refractivity contribution in [2.75, 3.05) is 6.54 Å². The van der Waals surface area contributed by atoms with Crippen LogP contribution in [0, 0.1) is 0 Å². The molecule has 1 heterocycles. The predicted octanol–water partition coefficient (Wildman–Crippen LogP) is 4.89. The Kier molecular flexibility index (Phi) is 6.20. The number of nitrogens with one attached hydrogen (secondary N) is 1. The minimum absolute atomic E-state index is 0.299. The summed E-state index contributed by atoms with van der Waals surface area (Å²) in [7, 11) is 0. The highest BCUT2D eigenvalue weighted by Crippen LogP contribution is 2.26. The molecular weight excluding hydrogens is 380 g/mol. The van der Waals surface area contributed by atoms with Crippen molar-refractivity contribution < 1.29 is 0 Å². The van der Waals surface area contributed by atoms with E-state index in [0.717, 1.165) is 28.3 Å². The highest BCUT2D eigenvalue weighted by atomic mass is 79.9. The van der Waals surface area contributed by atoms with Crippen LogP contribution < -0.4 is 5.32 Å². The Morgan fingerprint density at radius 1 is 1.20 bits per heavy atom. The number of halogens is 2. The summed E-state index contributed by atoms with van der Waals surface area (Å²) in [6.45, 7) is 3.19. The maximum Gasteiger partial charge on any atom is 0.0362 e. The number of benzene rings is 1. The highest BCUT2D eigenvalue weighted by Gasteiger charge is 2.13. The van der Waals surface area contributed by atoms with Crippen molar-refractivity contribution in [3.05, 3.63) is 62.8 Å². The lowest BCUT2D eigenvalue weighted by Gasteiger charge is -2.20. The molecule has 0 saturated carbocycles. The molecule has 0 spiro atoms. The van der Waals surface area contributed by atoms with E-state index >= 15 is 0 Å². The molecule has 1 atom stereocenters. The Bertz CT molecular complexity index is 523. The molecule has 2 nitrogen and oxygen atoms in total. The molecular formula is C16H18Br2N2. The van der Waals surface area contributed by atoms with Crippen LogP contribution in [0.3, 0.4) is 0 Å². The number of hydrogen-bond acceptors (Lipinski definition) is 2. The Labute approximate surface area is 137 Å². The quantitative estimate of drug-likeness (QED) is 0.750. The lowest BCUT2D eigenvalue weighted by atomic mass is 10.00. The van der Waals surface area contributed by atoms with Gasteiger partial charge in [-0.15, -0.1) is 0 Å². The van der Waals surface area contributed by atoms with Crippen LogP contribution in [-0.4, -0.2) is 11.5 Å². The lowest BCUT2D eigenvalue weighted by Crippen LogP contribution is -2.24. The Balaban J connectivity index is 2.22. The fraction of sp³-hybridized carbons (Fsp3) is 0.312. The Hall–Kier alpha value is -0.710. The number of pyridine rings is 1. The third kappa shape index (κ3) is 4.69. The average molecular weight is 398 g/mol. The molecule has 0 aliphatic heterocycles. The van der Waals surface area contributed by atoms with Gasteiger partial charge in [0.25, 0.3) is 0 Å². The topological polar surface area (TPSA) is 24.9 Å². The van der Waals surface area contributed by atoms with Gasteiger partial charge in [0.15, 0.2) is 0 Å². The molecule has 1 aromatic carbocycles. The first-order valence-electron chi connectivity index (χ1n) is 6.77. The van der Waals surface area contributed by atoms with E-state index in [1.807, 2.05) is 18.5 Å². The summed E-state index contributed by atoms with van der Waals surface area (Å²) in [5.74, 6) is 0. The summed E-state index contributed by atoms with van der Waals surface area (Å²) in [5.41, 5.74) is 2.53. The maximum absolute atomic E-state index is 4.20. The number of hydrogen-bond donors (Lipinski definition) is 1. The summed E-state index contributed by atoms with van der Waals surface area (Å²) in [4.78, 5) is 4.20. The first-order valence-corrected chi connectivity index (χ1v) is 8.36. The van der Waals surface area contributed by atoms with Crippen molar-refractivity contribution in [2.24, 2.45) is 0 Å². The summed E-state index contributed by atoms with van der Waals surface area (Å²) in [6.07, 6.45) is 5.82. The molecule has 20 heavy (non-hydrogen) atoms. The largest absolute Gasteiger partial charge is 0.310 e. The monoisotopic (exact) mass is 396 g/mol. The second-order valence-corrected chi connectivity index (χ2v) is 6.61. The van der Waals surface area contributed by atoms with Gasteiger partial charge in [-0.1, -0.05) is 44.8 Å². The Morgan fingerprint density at radius 2 is 1.95 bits per heavy atom. The molecule has 2 aromatic rings. The second kappa shape index (κ2) is 7.91. The molecule has 0 saturated heterocycles.